The molecule has 27 heavy (non-hydrogen) atoms. The van der Waals surface area contributed by atoms with Crippen molar-refractivity contribution in [1.29, 1.82) is 0 Å². The first kappa shape index (κ1) is 21.1. The highest BCUT2D eigenvalue weighted by Gasteiger charge is 2.87. The van der Waals surface area contributed by atoms with Gasteiger partial charge in [0, 0.05) is 6.07 Å². The minimum atomic E-state index is -7.24. The summed E-state index contributed by atoms with van der Waals surface area (Å²) in [6.07, 6.45) is -9.07. The topological polar surface area (TPSA) is 55.8 Å². The van der Waals surface area contributed by atoms with E-state index in [4.69, 9.17) is 0 Å². The van der Waals surface area contributed by atoms with Gasteiger partial charge in [-0.15, -0.1) is 0 Å². The number of hydrogen-bond donors (Lipinski definition) is 1. The highest BCUT2D eigenvalue weighted by atomic mass is 19.4. The molecule has 1 aliphatic heterocycles. The van der Waals surface area contributed by atoms with Crippen LogP contribution < -0.4 is 9.47 Å². The second kappa shape index (κ2) is 5.91. The normalized spacial score (nSPS) is 21.5. The summed E-state index contributed by atoms with van der Waals surface area (Å²) in [6.45, 7) is 0. The minimum Gasteiger partial charge on any atom is -0.497 e. The van der Waals surface area contributed by atoms with E-state index in [0.29, 0.717) is 6.07 Å². The number of aliphatic hydroxyl groups is 1. The Morgan fingerprint density at radius 1 is 1.04 bits per heavy atom. The Labute approximate surface area is 144 Å². The number of ketones is 1. The maximum atomic E-state index is 14.1. The Hall–Kier alpha value is -2.18. The Bertz CT molecular complexity index is 759. The number of carbonyl (C=O) groups is 1. The second-order valence-corrected chi connectivity index (χ2v) is 5.57. The van der Waals surface area contributed by atoms with Crippen molar-refractivity contribution < 1.29 is 58.9 Å². The average molecular weight is 412 g/mol. The van der Waals surface area contributed by atoms with E-state index < -0.39 is 53.2 Å². The van der Waals surface area contributed by atoms with Gasteiger partial charge < -0.3 is 14.6 Å². The van der Waals surface area contributed by atoms with Crippen LogP contribution in [0, 0.1) is 0 Å². The molecule has 4 nitrogen and oxygen atoms in total. The van der Waals surface area contributed by atoms with Crippen LogP contribution in [0.3, 0.4) is 0 Å². The molecular formula is C14H9F9O4. The van der Waals surface area contributed by atoms with Gasteiger partial charge in [-0.25, -0.2) is 0 Å². The van der Waals surface area contributed by atoms with Crippen molar-refractivity contribution in [2.45, 2.75) is 36.2 Å². The molecule has 1 aliphatic rings. The number of alkyl halides is 9. The van der Waals surface area contributed by atoms with Gasteiger partial charge in [0.15, 0.2) is 5.78 Å². The monoisotopic (exact) mass is 412 g/mol. The zero-order valence-electron chi connectivity index (χ0n) is 13.0. The lowest BCUT2D eigenvalue weighted by Gasteiger charge is -2.43. The summed E-state index contributed by atoms with van der Waals surface area (Å²) in [6, 6.07) is 2.76. The fourth-order valence-electron chi connectivity index (χ4n) is 2.27. The molecule has 0 saturated heterocycles. The fraction of sp³-hybridized carbons (Fsp3) is 0.500. The van der Waals surface area contributed by atoms with Crippen molar-refractivity contribution in [3.8, 4) is 11.5 Å². The van der Waals surface area contributed by atoms with Gasteiger partial charge in [0.1, 0.15) is 11.5 Å². The molecule has 1 aromatic rings. The number of hydrogen-bond acceptors (Lipinski definition) is 4. The zero-order valence-corrected chi connectivity index (χ0v) is 13.0. The van der Waals surface area contributed by atoms with E-state index in [9.17, 15) is 49.4 Å². The van der Waals surface area contributed by atoms with Gasteiger partial charge in [0.2, 0.25) is 0 Å². The molecule has 0 spiro atoms. The lowest BCUT2D eigenvalue weighted by molar-refractivity contribution is -0.435. The van der Waals surface area contributed by atoms with Crippen LogP contribution in [0.4, 0.5) is 39.5 Å². The molecule has 0 bridgehead atoms. The van der Waals surface area contributed by atoms with Crippen LogP contribution in [0.15, 0.2) is 18.2 Å². The van der Waals surface area contributed by atoms with Gasteiger partial charge in [-0.05, 0) is 12.1 Å². The van der Waals surface area contributed by atoms with Gasteiger partial charge in [0.05, 0.1) is 19.1 Å². The third-order valence-electron chi connectivity index (χ3n) is 3.80. The summed E-state index contributed by atoms with van der Waals surface area (Å²) >= 11 is 0. The van der Waals surface area contributed by atoms with Crippen LogP contribution in [-0.4, -0.2) is 47.7 Å². The maximum Gasteiger partial charge on any atom is 0.460 e. The molecule has 0 saturated carbocycles. The van der Waals surface area contributed by atoms with Crippen LogP contribution in [0.5, 0.6) is 11.5 Å². The molecule has 13 heteroatoms. The van der Waals surface area contributed by atoms with Crippen LogP contribution in [0.1, 0.15) is 16.8 Å². The molecule has 0 radical (unpaired) electrons. The quantitative estimate of drug-likeness (QED) is 0.765. The molecule has 1 aromatic carbocycles. The predicted octanol–water partition coefficient (Wildman–Crippen LogP) is 3.82. The first-order chi connectivity index (χ1) is 12.0. The third kappa shape index (κ3) is 2.87. The smallest absolute Gasteiger partial charge is 0.460 e. The predicted molar refractivity (Wildman–Crippen MR) is 68.4 cm³/mol. The highest BCUT2D eigenvalue weighted by Crippen LogP contribution is 2.57. The first-order valence-corrected chi connectivity index (χ1v) is 6.84. The highest BCUT2D eigenvalue weighted by molar-refractivity contribution is 6.00. The summed E-state index contributed by atoms with van der Waals surface area (Å²) in [7, 11) is 1.07. The number of Topliss-reactive ketones (excluding diaryl/α,β-unsaturated/α-hetero) is 1. The second-order valence-electron chi connectivity index (χ2n) is 5.57. The molecule has 0 aliphatic carbocycles. The van der Waals surface area contributed by atoms with E-state index in [1.165, 1.54) is 0 Å². The first-order valence-electron chi connectivity index (χ1n) is 6.84. The Kier molecular flexibility index (Phi) is 4.62. The van der Waals surface area contributed by atoms with Crippen LogP contribution in [-0.2, 0) is 0 Å². The lowest BCUT2D eigenvalue weighted by atomic mass is 9.88. The van der Waals surface area contributed by atoms with Crippen molar-refractivity contribution in [3.05, 3.63) is 23.8 Å². The molecule has 152 valence electrons. The lowest BCUT2D eigenvalue weighted by Crippen LogP contribution is -2.71. The molecule has 1 heterocycles. The summed E-state index contributed by atoms with van der Waals surface area (Å²) < 4.78 is 127. The molecule has 1 atom stereocenters. The van der Waals surface area contributed by atoms with Crippen molar-refractivity contribution >= 4 is 5.78 Å². The number of fused-ring (bicyclic) bond motifs is 1. The van der Waals surface area contributed by atoms with Crippen molar-refractivity contribution in [3.63, 3.8) is 0 Å². The SMILES string of the molecule is COc1ccc2c(c1)O[C@@](O)(C(F)(F)C(F)(F)C(F)(F)C(F)(F)F)CC2=O. The summed E-state index contributed by atoms with van der Waals surface area (Å²) in [5.41, 5.74) is -0.498. The largest absolute Gasteiger partial charge is 0.497 e. The molecule has 2 rings (SSSR count). The van der Waals surface area contributed by atoms with Gasteiger partial charge >= 0.3 is 23.9 Å². The Balaban J connectivity index is 2.56. The van der Waals surface area contributed by atoms with Crippen molar-refractivity contribution in [2.75, 3.05) is 7.11 Å². The molecule has 0 amide bonds. The van der Waals surface area contributed by atoms with Crippen LogP contribution in [0.25, 0.3) is 0 Å². The Morgan fingerprint density at radius 3 is 2.07 bits per heavy atom. The third-order valence-corrected chi connectivity index (χ3v) is 3.80. The standard InChI is InChI=1S/C14H9F9O4/c1-26-6-2-3-7-8(24)5-10(25,27-9(7)4-6)11(15,16)12(17,18)13(19,20)14(21,22)23/h2-4,25H,5H2,1H3/t10-/m1/s1. The molecular weight excluding hydrogens is 403 g/mol. The fourth-order valence-corrected chi connectivity index (χ4v) is 2.27. The number of rotatable bonds is 4. The van der Waals surface area contributed by atoms with Crippen LogP contribution >= 0.6 is 0 Å². The number of carbonyl (C=O) groups excluding carboxylic acids is 1. The average Bonchev–Trinajstić information content (AvgIpc) is 2.52. The van der Waals surface area contributed by atoms with Gasteiger partial charge in [-0.3, -0.25) is 4.79 Å². The minimum absolute atomic E-state index is 0.165. The van der Waals surface area contributed by atoms with Gasteiger partial charge in [-0.2, -0.15) is 39.5 Å². The maximum absolute atomic E-state index is 14.1. The van der Waals surface area contributed by atoms with E-state index in [-0.39, 0.29) is 5.75 Å². The van der Waals surface area contributed by atoms with Crippen LogP contribution in [0.2, 0.25) is 0 Å². The van der Waals surface area contributed by atoms with E-state index in [1.54, 1.807) is 0 Å². The number of benzene rings is 1. The molecule has 0 unspecified atom stereocenters. The van der Waals surface area contributed by atoms with Crippen molar-refractivity contribution in [1.82, 2.24) is 0 Å². The van der Waals surface area contributed by atoms with E-state index in [2.05, 4.69) is 9.47 Å². The number of methoxy groups -OCH3 is 1. The van der Waals surface area contributed by atoms with Gasteiger partial charge in [-0.1, -0.05) is 0 Å². The summed E-state index contributed by atoms with van der Waals surface area (Å²) in [5.74, 6) is -28.2. The summed E-state index contributed by atoms with van der Waals surface area (Å²) in [5, 5.41) is 9.73. The molecule has 0 fully saturated rings. The van der Waals surface area contributed by atoms with Crippen molar-refractivity contribution in [2.24, 2.45) is 0 Å². The molecule has 0 aromatic heterocycles. The number of halogens is 9. The summed E-state index contributed by atoms with van der Waals surface area (Å²) in [4.78, 5) is 11.9. The van der Waals surface area contributed by atoms with Gasteiger partial charge in [0.25, 0.3) is 5.79 Å². The van der Waals surface area contributed by atoms with E-state index in [1.807, 2.05) is 0 Å². The molecule has 1 N–H and O–H groups in total. The number of ether oxygens (including phenoxy) is 2. The van der Waals surface area contributed by atoms with E-state index in [0.717, 1.165) is 19.2 Å². The zero-order chi connectivity index (χ0) is 21.1. The van der Waals surface area contributed by atoms with E-state index >= 15 is 0 Å². The Morgan fingerprint density at radius 2 is 1.59 bits per heavy atom.